The van der Waals surface area contributed by atoms with E-state index >= 15 is 0 Å². The summed E-state index contributed by atoms with van der Waals surface area (Å²) in [7, 11) is -3.72. The van der Waals surface area contributed by atoms with Crippen molar-refractivity contribution in [1.29, 1.82) is 0 Å². The minimum atomic E-state index is -3.72. The molecule has 0 spiro atoms. The first-order valence-electron chi connectivity index (χ1n) is 7.54. The summed E-state index contributed by atoms with van der Waals surface area (Å²) in [4.78, 5) is 0.240. The van der Waals surface area contributed by atoms with E-state index in [9.17, 15) is 8.42 Å². The van der Waals surface area contributed by atoms with Gasteiger partial charge in [-0.15, -0.1) is 0 Å². The molecule has 0 amide bonds. The standard InChI is InChI=1S/C18H18N2O3S/c1-14-8-6-7-11-18(14)20(13-16-12-15(2)19-23-16)24(21,22)17-9-4-3-5-10-17/h3-12H,13H2,1-2H3. The van der Waals surface area contributed by atoms with Crippen molar-refractivity contribution in [3.8, 4) is 0 Å². The van der Waals surface area contributed by atoms with Crippen molar-refractivity contribution in [3.63, 3.8) is 0 Å². The van der Waals surface area contributed by atoms with E-state index in [1.54, 1.807) is 49.4 Å². The third-order valence-corrected chi connectivity index (χ3v) is 5.47. The van der Waals surface area contributed by atoms with Crippen LogP contribution in [0.5, 0.6) is 0 Å². The van der Waals surface area contributed by atoms with Crippen LogP contribution in [-0.4, -0.2) is 13.6 Å². The fourth-order valence-electron chi connectivity index (χ4n) is 2.49. The fraction of sp³-hybridized carbons (Fsp3) is 0.167. The van der Waals surface area contributed by atoms with Gasteiger partial charge >= 0.3 is 0 Å². The highest BCUT2D eigenvalue weighted by Crippen LogP contribution is 2.28. The Kier molecular flexibility index (Phi) is 4.40. The summed E-state index contributed by atoms with van der Waals surface area (Å²) < 4.78 is 32.9. The number of rotatable bonds is 5. The number of benzene rings is 2. The Hall–Kier alpha value is -2.60. The molecule has 1 heterocycles. The quantitative estimate of drug-likeness (QED) is 0.709. The summed E-state index contributed by atoms with van der Waals surface area (Å²) >= 11 is 0. The molecule has 5 nitrogen and oxygen atoms in total. The van der Waals surface area contributed by atoms with E-state index in [-0.39, 0.29) is 11.4 Å². The van der Waals surface area contributed by atoms with Crippen LogP contribution in [0.1, 0.15) is 17.0 Å². The van der Waals surface area contributed by atoms with E-state index in [4.69, 9.17) is 4.52 Å². The summed E-state index contributed by atoms with van der Waals surface area (Å²) in [5.41, 5.74) is 2.20. The number of para-hydroxylation sites is 1. The summed E-state index contributed by atoms with van der Waals surface area (Å²) in [6.45, 7) is 3.77. The summed E-state index contributed by atoms with van der Waals surface area (Å²) in [5, 5.41) is 3.84. The van der Waals surface area contributed by atoms with Crippen LogP contribution >= 0.6 is 0 Å². The smallest absolute Gasteiger partial charge is 0.264 e. The molecule has 0 aliphatic carbocycles. The Morgan fingerprint density at radius 2 is 1.67 bits per heavy atom. The Morgan fingerprint density at radius 1 is 1.00 bits per heavy atom. The van der Waals surface area contributed by atoms with Gasteiger partial charge in [0.25, 0.3) is 10.0 Å². The molecule has 6 heteroatoms. The molecule has 0 aliphatic rings. The van der Waals surface area contributed by atoms with Crippen molar-refractivity contribution in [3.05, 3.63) is 77.7 Å². The molecule has 0 aliphatic heterocycles. The minimum Gasteiger partial charge on any atom is -0.359 e. The zero-order valence-electron chi connectivity index (χ0n) is 13.5. The molecule has 124 valence electrons. The van der Waals surface area contributed by atoms with Gasteiger partial charge in [-0.05, 0) is 37.6 Å². The van der Waals surface area contributed by atoms with Crippen molar-refractivity contribution < 1.29 is 12.9 Å². The summed E-state index contributed by atoms with van der Waals surface area (Å²) in [6, 6.07) is 17.5. The number of sulfonamides is 1. The summed E-state index contributed by atoms with van der Waals surface area (Å²) in [5.74, 6) is 0.496. The maximum absolute atomic E-state index is 13.2. The molecule has 0 saturated carbocycles. The molecule has 0 atom stereocenters. The van der Waals surface area contributed by atoms with Gasteiger partial charge in [0.05, 0.1) is 22.8 Å². The van der Waals surface area contributed by atoms with Crippen molar-refractivity contribution in [2.75, 3.05) is 4.31 Å². The predicted molar refractivity (Wildman–Crippen MR) is 92.2 cm³/mol. The number of anilines is 1. The lowest BCUT2D eigenvalue weighted by Crippen LogP contribution is -2.31. The number of aryl methyl sites for hydroxylation is 2. The van der Waals surface area contributed by atoms with Gasteiger partial charge in [0, 0.05) is 6.07 Å². The van der Waals surface area contributed by atoms with E-state index in [1.165, 1.54) is 4.31 Å². The van der Waals surface area contributed by atoms with Gasteiger partial charge in [0.2, 0.25) is 0 Å². The van der Waals surface area contributed by atoms with Gasteiger partial charge in [-0.25, -0.2) is 8.42 Å². The van der Waals surface area contributed by atoms with Gasteiger partial charge < -0.3 is 4.52 Å². The van der Waals surface area contributed by atoms with Crippen molar-refractivity contribution >= 4 is 15.7 Å². The van der Waals surface area contributed by atoms with Crippen molar-refractivity contribution in [2.45, 2.75) is 25.3 Å². The maximum atomic E-state index is 13.2. The van der Waals surface area contributed by atoms with Gasteiger partial charge in [0.15, 0.2) is 5.76 Å². The second-order valence-electron chi connectivity index (χ2n) is 5.55. The van der Waals surface area contributed by atoms with Crippen molar-refractivity contribution in [1.82, 2.24) is 5.16 Å². The third-order valence-electron chi connectivity index (χ3n) is 3.69. The highest BCUT2D eigenvalue weighted by atomic mass is 32.2. The molecular weight excluding hydrogens is 324 g/mol. The average molecular weight is 342 g/mol. The van der Waals surface area contributed by atoms with Crippen LogP contribution in [0, 0.1) is 13.8 Å². The SMILES string of the molecule is Cc1cc(CN(c2ccccc2C)S(=O)(=O)c2ccccc2)on1. The van der Waals surface area contributed by atoms with Crippen LogP contribution in [0.15, 0.2) is 70.1 Å². The second-order valence-corrected chi connectivity index (χ2v) is 7.41. The maximum Gasteiger partial charge on any atom is 0.264 e. The van der Waals surface area contributed by atoms with Gasteiger partial charge in [-0.1, -0.05) is 41.6 Å². The van der Waals surface area contributed by atoms with E-state index in [0.29, 0.717) is 17.1 Å². The molecule has 1 aromatic heterocycles. The van der Waals surface area contributed by atoms with Crippen LogP contribution in [0.25, 0.3) is 0 Å². The zero-order valence-corrected chi connectivity index (χ0v) is 14.3. The van der Waals surface area contributed by atoms with E-state index < -0.39 is 10.0 Å². The lowest BCUT2D eigenvalue weighted by atomic mass is 10.2. The minimum absolute atomic E-state index is 0.0862. The highest BCUT2D eigenvalue weighted by Gasteiger charge is 2.27. The first-order chi connectivity index (χ1) is 11.5. The Bertz CT molecular complexity index is 934. The first-order valence-corrected chi connectivity index (χ1v) is 8.98. The summed E-state index contributed by atoms with van der Waals surface area (Å²) in [6.07, 6.45) is 0. The van der Waals surface area contributed by atoms with Crippen LogP contribution in [0.4, 0.5) is 5.69 Å². The average Bonchev–Trinajstić information content (AvgIpc) is 2.99. The molecule has 0 saturated heterocycles. The zero-order chi connectivity index (χ0) is 17.2. The number of hydrogen-bond donors (Lipinski definition) is 0. The van der Waals surface area contributed by atoms with Gasteiger partial charge in [0.1, 0.15) is 0 Å². The van der Waals surface area contributed by atoms with Crippen LogP contribution < -0.4 is 4.31 Å². The highest BCUT2D eigenvalue weighted by molar-refractivity contribution is 7.92. The number of hydrogen-bond acceptors (Lipinski definition) is 4. The molecular formula is C18H18N2O3S. The Morgan fingerprint density at radius 3 is 2.29 bits per heavy atom. The second kappa shape index (κ2) is 6.49. The van der Waals surface area contributed by atoms with E-state index in [1.807, 2.05) is 25.1 Å². The fourth-order valence-corrected chi connectivity index (χ4v) is 4.01. The lowest BCUT2D eigenvalue weighted by Gasteiger charge is -2.25. The Balaban J connectivity index is 2.10. The van der Waals surface area contributed by atoms with Crippen LogP contribution in [0.2, 0.25) is 0 Å². The van der Waals surface area contributed by atoms with Gasteiger partial charge in [-0.2, -0.15) is 0 Å². The van der Waals surface area contributed by atoms with Crippen LogP contribution in [-0.2, 0) is 16.6 Å². The molecule has 3 rings (SSSR count). The molecule has 24 heavy (non-hydrogen) atoms. The number of nitrogens with zero attached hydrogens (tertiary/aromatic N) is 2. The predicted octanol–water partition coefficient (Wildman–Crippen LogP) is 3.69. The lowest BCUT2D eigenvalue weighted by molar-refractivity contribution is 0.381. The largest absolute Gasteiger partial charge is 0.359 e. The van der Waals surface area contributed by atoms with Gasteiger partial charge in [-0.3, -0.25) is 4.31 Å². The van der Waals surface area contributed by atoms with E-state index in [0.717, 1.165) is 5.56 Å². The molecule has 0 unspecified atom stereocenters. The topological polar surface area (TPSA) is 63.4 Å². The molecule has 0 N–H and O–H groups in total. The number of aromatic nitrogens is 1. The molecule has 3 aromatic rings. The first kappa shape index (κ1) is 16.3. The van der Waals surface area contributed by atoms with Crippen molar-refractivity contribution in [2.24, 2.45) is 0 Å². The molecule has 2 aromatic carbocycles. The molecule has 0 radical (unpaired) electrons. The van der Waals surface area contributed by atoms with Crippen LogP contribution in [0.3, 0.4) is 0 Å². The monoisotopic (exact) mass is 342 g/mol. The Labute approximate surface area is 141 Å². The normalized spacial score (nSPS) is 11.4. The molecule has 0 bridgehead atoms. The third kappa shape index (κ3) is 3.19. The molecule has 0 fully saturated rings. The van der Waals surface area contributed by atoms with E-state index in [2.05, 4.69) is 5.16 Å².